The van der Waals surface area contributed by atoms with Gasteiger partial charge in [0.2, 0.25) is 0 Å². The van der Waals surface area contributed by atoms with E-state index in [4.69, 9.17) is 4.74 Å². The van der Waals surface area contributed by atoms with Crippen molar-refractivity contribution in [3.8, 4) is 0 Å². The Kier molecular flexibility index (Phi) is 5.56. The topological polar surface area (TPSA) is 41.6 Å². The van der Waals surface area contributed by atoms with Gasteiger partial charge >= 0.3 is 5.97 Å². The normalized spacial score (nSPS) is 19.2. The van der Waals surface area contributed by atoms with Crippen LogP contribution in [0.4, 0.5) is 0 Å². The van der Waals surface area contributed by atoms with Crippen LogP contribution in [-0.2, 0) is 22.5 Å². The molecule has 1 aromatic carbocycles. The Morgan fingerprint density at radius 3 is 2.85 bits per heavy atom. The molecule has 0 radical (unpaired) electrons. The quantitative estimate of drug-likeness (QED) is 0.798. The van der Waals surface area contributed by atoms with Gasteiger partial charge in [0.25, 0.3) is 0 Å². The van der Waals surface area contributed by atoms with Gasteiger partial charge in [-0.1, -0.05) is 24.3 Å². The highest BCUT2D eigenvalue weighted by Gasteiger charge is 2.22. The predicted octanol–water partition coefficient (Wildman–Crippen LogP) is 1.44. The molecule has 20 heavy (non-hydrogen) atoms. The third kappa shape index (κ3) is 4.05. The van der Waals surface area contributed by atoms with Crippen LogP contribution in [0.5, 0.6) is 0 Å². The molecule has 0 spiro atoms. The summed E-state index contributed by atoms with van der Waals surface area (Å²) in [6, 6.07) is 8.16. The molecule has 0 amide bonds. The molecule has 4 nitrogen and oxygen atoms in total. The van der Waals surface area contributed by atoms with E-state index in [2.05, 4.69) is 16.3 Å². The molecule has 1 fully saturated rings. The molecule has 1 unspecified atom stereocenters. The number of carbonyl (C=O) groups is 1. The zero-order valence-corrected chi connectivity index (χ0v) is 12.4. The van der Waals surface area contributed by atoms with E-state index in [0.29, 0.717) is 6.42 Å². The maximum Gasteiger partial charge on any atom is 0.309 e. The van der Waals surface area contributed by atoms with Gasteiger partial charge in [-0.3, -0.25) is 9.69 Å². The Bertz CT molecular complexity index is 448. The number of esters is 1. The van der Waals surface area contributed by atoms with E-state index in [1.165, 1.54) is 19.1 Å². The van der Waals surface area contributed by atoms with E-state index in [9.17, 15) is 4.79 Å². The average molecular weight is 276 g/mol. The summed E-state index contributed by atoms with van der Waals surface area (Å²) in [5, 5.41) is 3.25. The summed E-state index contributed by atoms with van der Waals surface area (Å²) in [6.07, 6.45) is 1.61. The van der Waals surface area contributed by atoms with Crippen molar-refractivity contribution in [2.75, 3.05) is 33.8 Å². The Morgan fingerprint density at radius 2 is 2.15 bits per heavy atom. The first-order chi connectivity index (χ1) is 9.72. The summed E-state index contributed by atoms with van der Waals surface area (Å²) in [5.41, 5.74) is 2.32. The van der Waals surface area contributed by atoms with Crippen molar-refractivity contribution < 1.29 is 9.53 Å². The second-order valence-corrected chi connectivity index (χ2v) is 5.47. The second kappa shape index (κ2) is 7.41. The van der Waals surface area contributed by atoms with Gasteiger partial charge in [-0.05, 0) is 43.6 Å². The van der Waals surface area contributed by atoms with E-state index in [0.717, 1.165) is 37.7 Å². The molecule has 1 atom stereocenters. The SMILES string of the molecule is CNCC1CCN(Cc2ccccc2CC(=O)OC)C1. The molecule has 1 aliphatic rings. The number of rotatable bonds is 6. The van der Waals surface area contributed by atoms with Crippen molar-refractivity contribution in [1.82, 2.24) is 10.2 Å². The summed E-state index contributed by atoms with van der Waals surface area (Å²) in [6.45, 7) is 4.28. The molecule has 1 N–H and O–H groups in total. The summed E-state index contributed by atoms with van der Waals surface area (Å²) in [4.78, 5) is 13.9. The number of likely N-dealkylation sites (tertiary alicyclic amines) is 1. The highest BCUT2D eigenvalue weighted by Crippen LogP contribution is 2.20. The second-order valence-electron chi connectivity index (χ2n) is 5.47. The van der Waals surface area contributed by atoms with Crippen molar-refractivity contribution in [2.24, 2.45) is 5.92 Å². The Balaban J connectivity index is 1.97. The zero-order valence-electron chi connectivity index (χ0n) is 12.4. The van der Waals surface area contributed by atoms with Gasteiger partial charge in [0.15, 0.2) is 0 Å². The molecular formula is C16H24N2O2. The zero-order chi connectivity index (χ0) is 14.4. The smallest absolute Gasteiger partial charge is 0.309 e. The van der Waals surface area contributed by atoms with Gasteiger partial charge in [-0.2, -0.15) is 0 Å². The van der Waals surface area contributed by atoms with Crippen LogP contribution in [0.3, 0.4) is 0 Å². The molecule has 1 heterocycles. The van der Waals surface area contributed by atoms with Gasteiger partial charge in [-0.15, -0.1) is 0 Å². The average Bonchev–Trinajstić information content (AvgIpc) is 2.88. The number of hydrogen-bond acceptors (Lipinski definition) is 4. The lowest BCUT2D eigenvalue weighted by atomic mass is 10.0. The maximum absolute atomic E-state index is 11.5. The van der Waals surface area contributed by atoms with Crippen molar-refractivity contribution in [3.63, 3.8) is 0 Å². The summed E-state index contributed by atoms with van der Waals surface area (Å²) in [5.74, 6) is 0.569. The minimum atomic E-state index is -0.174. The number of nitrogens with zero attached hydrogens (tertiary/aromatic N) is 1. The van der Waals surface area contributed by atoms with Crippen LogP contribution in [0.2, 0.25) is 0 Å². The van der Waals surface area contributed by atoms with Crippen LogP contribution in [0.1, 0.15) is 17.5 Å². The van der Waals surface area contributed by atoms with Gasteiger partial charge in [0.05, 0.1) is 13.5 Å². The minimum Gasteiger partial charge on any atom is -0.469 e. The Labute approximate surface area is 121 Å². The molecular weight excluding hydrogens is 252 g/mol. The standard InChI is InChI=1S/C16H24N2O2/c1-17-10-13-7-8-18(11-13)12-15-6-4-3-5-14(15)9-16(19)20-2/h3-6,13,17H,7-12H2,1-2H3. The van der Waals surface area contributed by atoms with Crippen LogP contribution in [0.25, 0.3) is 0 Å². The van der Waals surface area contributed by atoms with Crippen molar-refractivity contribution in [1.29, 1.82) is 0 Å². The van der Waals surface area contributed by atoms with Gasteiger partial charge in [0, 0.05) is 13.1 Å². The predicted molar refractivity (Wildman–Crippen MR) is 79.5 cm³/mol. The molecule has 1 saturated heterocycles. The monoisotopic (exact) mass is 276 g/mol. The summed E-state index contributed by atoms with van der Waals surface area (Å²) >= 11 is 0. The lowest BCUT2D eigenvalue weighted by Gasteiger charge is -2.18. The first-order valence-electron chi connectivity index (χ1n) is 7.23. The van der Waals surface area contributed by atoms with E-state index in [1.807, 2.05) is 25.2 Å². The van der Waals surface area contributed by atoms with Gasteiger partial charge in [0.1, 0.15) is 0 Å². The van der Waals surface area contributed by atoms with Crippen LogP contribution in [0, 0.1) is 5.92 Å². The molecule has 110 valence electrons. The third-order valence-electron chi connectivity index (χ3n) is 3.94. The lowest BCUT2D eigenvalue weighted by Crippen LogP contribution is -2.25. The number of nitrogens with one attached hydrogen (secondary N) is 1. The third-order valence-corrected chi connectivity index (χ3v) is 3.94. The largest absolute Gasteiger partial charge is 0.469 e. The number of carbonyl (C=O) groups excluding carboxylic acids is 1. The number of ether oxygens (including phenoxy) is 1. The molecule has 1 aromatic rings. The number of methoxy groups -OCH3 is 1. The molecule has 0 aromatic heterocycles. The van der Waals surface area contributed by atoms with Crippen molar-refractivity contribution >= 4 is 5.97 Å². The molecule has 0 bridgehead atoms. The van der Waals surface area contributed by atoms with Crippen LogP contribution < -0.4 is 5.32 Å². The number of hydrogen-bond donors (Lipinski definition) is 1. The summed E-state index contributed by atoms with van der Waals surface area (Å²) < 4.78 is 4.77. The van der Waals surface area contributed by atoms with Gasteiger partial charge < -0.3 is 10.1 Å². The molecule has 1 aliphatic heterocycles. The first-order valence-corrected chi connectivity index (χ1v) is 7.23. The van der Waals surface area contributed by atoms with E-state index in [1.54, 1.807) is 0 Å². The minimum absolute atomic E-state index is 0.174. The van der Waals surface area contributed by atoms with E-state index >= 15 is 0 Å². The van der Waals surface area contributed by atoms with Crippen LogP contribution >= 0.6 is 0 Å². The number of benzene rings is 1. The van der Waals surface area contributed by atoms with E-state index < -0.39 is 0 Å². The van der Waals surface area contributed by atoms with Crippen molar-refractivity contribution in [2.45, 2.75) is 19.4 Å². The van der Waals surface area contributed by atoms with E-state index in [-0.39, 0.29) is 5.97 Å². The molecule has 4 heteroatoms. The maximum atomic E-state index is 11.5. The molecule has 2 rings (SSSR count). The highest BCUT2D eigenvalue weighted by molar-refractivity contribution is 5.72. The fourth-order valence-electron chi connectivity index (χ4n) is 2.86. The lowest BCUT2D eigenvalue weighted by molar-refractivity contribution is -0.139. The highest BCUT2D eigenvalue weighted by atomic mass is 16.5. The fourth-order valence-corrected chi connectivity index (χ4v) is 2.86. The Morgan fingerprint density at radius 1 is 1.40 bits per heavy atom. The molecule has 0 aliphatic carbocycles. The molecule has 0 saturated carbocycles. The van der Waals surface area contributed by atoms with Crippen LogP contribution in [0.15, 0.2) is 24.3 Å². The summed E-state index contributed by atoms with van der Waals surface area (Å²) in [7, 11) is 3.45. The van der Waals surface area contributed by atoms with Crippen LogP contribution in [-0.4, -0.2) is 44.7 Å². The van der Waals surface area contributed by atoms with Crippen molar-refractivity contribution in [3.05, 3.63) is 35.4 Å². The Hall–Kier alpha value is -1.39. The fraction of sp³-hybridized carbons (Fsp3) is 0.562. The van der Waals surface area contributed by atoms with Gasteiger partial charge in [-0.25, -0.2) is 0 Å². The first kappa shape index (κ1) is 15.0.